The molecule has 0 saturated heterocycles. The first kappa shape index (κ1) is 17.0. The molecule has 126 valence electrons. The molecule has 0 spiro atoms. The molecule has 1 fully saturated rings. The van der Waals surface area contributed by atoms with Crippen molar-refractivity contribution in [2.24, 2.45) is 22.7 Å². The van der Waals surface area contributed by atoms with Crippen molar-refractivity contribution in [3.63, 3.8) is 0 Å². The second kappa shape index (κ2) is 6.20. The summed E-state index contributed by atoms with van der Waals surface area (Å²) in [5.41, 5.74) is 1.34. The number of allylic oxidation sites excluding steroid dienone is 2. The quantitative estimate of drug-likeness (QED) is 0.678. The molecule has 0 aliphatic heterocycles. The van der Waals surface area contributed by atoms with Crippen LogP contribution in [0.2, 0.25) is 0 Å². The number of carbonyl (C=O) groups excluding carboxylic acids is 1. The Morgan fingerprint density at radius 2 is 1.88 bits per heavy atom. The topological polar surface area (TPSA) is 21.4 Å². The highest BCUT2D eigenvalue weighted by molar-refractivity contribution is 6.02. The lowest BCUT2D eigenvalue weighted by molar-refractivity contribution is -0.131. The molecule has 2 aliphatic carbocycles. The zero-order chi connectivity index (χ0) is 17.4. The molecule has 1 saturated carbocycles. The first-order chi connectivity index (χ1) is 11.4. The second-order valence-corrected chi connectivity index (χ2v) is 8.42. The number of Topliss-reactive ketones (excluding diaryl/α,β-unsaturated/α-hetero) is 1. The van der Waals surface area contributed by atoms with Gasteiger partial charge in [-0.15, -0.1) is 0 Å². The fourth-order valence-corrected chi connectivity index (χ4v) is 5.15. The van der Waals surface area contributed by atoms with Gasteiger partial charge in [0.25, 0.3) is 0 Å². The molecule has 0 radical (unpaired) electrons. The third kappa shape index (κ3) is 2.93. The predicted octanol–water partition coefficient (Wildman–Crippen LogP) is 5.45. The van der Waals surface area contributed by atoms with E-state index in [4.69, 9.17) is 6.57 Å². The highest BCUT2D eigenvalue weighted by Crippen LogP contribution is 2.57. The first-order valence-electron chi connectivity index (χ1n) is 9.06. The summed E-state index contributed by atoms with van der Waals surface area (Å²) in [5, 5.41) is 0. The number of rotatable bonds is 3. The van der Waals surface area contributed by atoms with Gasteiger partial charge in [-0.2, -0.15) is 0 Å². The summed E-state index contributed by atoms with van der Waals surface area (Å²) in [6.45, 7) is 13.7. The molecule has 0 heterocycles. The third-order valence-electron chi connectivity index (χ3n) is 6.35. The minimum atomic E-state index is -0.409. The Kier molecular flexibility index (Phi) is 4.38. The number of benzene rings is 1. The van der Waals surface area contributed by atoms with Gasteiger partial charge in [0.15, 0.2) is 5.78 Å². The molecular formula is C22H27NO. The minimum absolute atomic E-state index is 0.0170. The predicted molar refractivity (Wildman–Crippen MR) is 97.2 cm³/mol. The Morgan fingerprint density at radius 3 is 2.54 bits per heavy atom. The standard InChI is InChI=1S/C22H27NO/c1-21(2)19-13-12-17(11-10-16-8-6-5-7-9-16)14-22(19,3)15-18(23-4)20(21)24/h5-9,15,17,19H,10-14H2,1-3H3/t17-,19-,22-/m0/s1. The van der Waals surface area contributed by atoms with Crippen LogP contribution in [0.15, 0.2) is 42.1 Å². The van der Waals surface area contributed by atoms with Gasteiger partial charge in [0.05, 0.1) is 6.57 Å². The Hall–Kier alpha value is -1.88. The highest BCUT2D eigenvalue weighted by atomic mass is 16.1. The number of aryl methyl sites for hydroxylation is 1. The summed E-state index contributed by atoms with van der Waals surface area (Å²) >= 11 is 0. The van der Waals surface area contributed by atoms with Gasteiger partial charge in [-0.25, -0.2) is 4.85 Å². The molecule has 3 rings (SSSR count). The lowest BCUT2D eigenvalue weighted by atomic mass is 9.51. The number of ketones is 1. The Morgan fingerprint density at radius 1 is 1.17 bits per heavy atom. The van der Waals surface area contributed by atoms with Crippen LogP contribution in [0, 0.1) is 29.2 Å². The van der Waals surface area contributed by atoms with E-state index in [1.165, 1.54) is 18.4 Å². The number of carbonyl (C=O) groups is 1. The van der Waals surface area contributed by atoms with Crippen LogP contribution in [0.5, 0.6) is 0 Å². The van der Waals surface area contributed by atoms with Crippen molar-refractivity contribution in [1.29, 1.82) is 0 Å². The lowest BCUT2D eigenvalue weighted by Gasteiger charge is -2.52. The minimum Gasteiger partial charge on any atom is -0.307 e. The Labute approximate surface area is 145 Å². The zero-order valence-electron chi connectivity index (χ0n) is 15.0. The van der Waals surface area contributed by atoms with E-state index in [1.54, 1.807) is 0 Å². The monoisotopic (exact) mass is 321 g/mol. The van der Waals surface area contributed by atoms with Gasteiger partial charge in [0, 0.05) is 5.41 Å². The van der Waals surface area contributed by atoms with Crippen molar-refractivity contribution in [2.75, 3.05) is 0 Å². The van der Waals surface area contributed by atoms with E-state index in [-0.39, 0.29) is 11.2 Å². The molecule has 0 aromatic heterocycles. The summed E-state index contributed by atoms with van der Waals surface area (Å²) < 4.78 is 0. The van der Waals surface area contributed by atoms with Crippen LogP contribution in [0.1, 0.15) is 52.0 Å². The normalized spacial score (nSPS) is 31.8. The fourth-order valence-electron chi connectivity index (χ4n) is 5.15. The smallest absolute Gasteiger partial charge is 0.226 e. The number of hydrogen-bond donors (Lipinski definition) is 0. The molecule has 2 heteroatoms. The fraction of sp³-hybridized carbons (Fsp3) is 0.545. The summed E-state index contributed by atoms with van der Waals surface area (Å²) in [6, 6.07) is 10.7. The van der Waals surface area contributed by atoms with Crippen molar-refractivity contribution in [3.8, 4) is 0 Å². The molecule has 2 nitrogen and oxygen atoms in total. The number of hydrogen-bond acceptors (Lipinski definition) is 1. The summed E-state index contributed by atoms with van der Waals surface area (Å²) in [5.74, 6) is 1.08. The summed E-state index contributed by atoms with van der Waals surface area (Å²) in [4.78, 5) is 16.1. The van der Waals surface area contributed by atoms with Crippen LogP contribution in [0.25, 0.3) is 4.85 Å². The van der Waals surface area contributed by atoms with Gasteiger partial charge in [0.2, 0.25) is 5.70 Å². The SMILES string of the molecule is [C-]#[N+]C1=C[C@]2(C)C[C@@H](CCc3ccccc3)CC[C@H]2C(C)(C)C1=O. The van der Waals surface area contributed by atoms with E-state index in [0.717, 1.165) is 19.3 Å². The Balaban J connectivity index is 1.77. The molecule has 24 heavy (non-hydrogen) atoms. The molecule has 2 aliphatic rings. The first-order valence-corrected chi connectivity index (χ1v) is 9.06. The number of fused-ring (bicyclic) bond motifs is 1. The molecule has 1 aromatic rings. The Bertz CT molecular complexity index is 694. The van der Waals surface area contributed by atoms with Crippen molar-refractivity contribution < 1.29 is 4.79 Å². The molecule has 0 amide bonds. The molecule has 1 aromatic carbocycles. The largest absolute Gasteiger partial charge is 0.307 e. The van der Waals surface area contributed by atoms with Crippen molar-refractivity contribution in [2.45, 2.75) is 52.9 Å². The second-order valence-electron chi connectivity index (χ2n) is 8.42. The van der Waals surface area contributed by atoms with Crippen LogP contribution in [0.4, 0.5) is 0 Å². The molecule has 0 bridgehead atoms. The van der Waals surface area contributed by atoms with Crippen molar-refractivity contribution >= 4 is 5.78 Å². The van der Waals surface area contributed by atoms with Gasteiger partial charge in [-0.05, 0) is 48.5 Å². The maximum absolute atomic E-state index is 12.6. The van der Waals surface area contributed by atoms with Gasteiger partial charge < -0.3 is 4.79 Å². The van der Waals surface area contributed by atoms with Gasteiger partial charge in [-0.1, -0.05) is 63.6 Å². The van der Waals surface area contributed by atoms with E-state index in [9.17, 15) is 4.79 Å². The average molecular weight is 321 g/mol. The van der Waals surface area contributed by atoms with E-state index in [0.29, 0.717) is 17.5 Å². The number of nitrogens with zero attached hydrogens (tertiary/aromatic N) is 1. The maximum atomic E-state index is 12.6. The van der Waals surface area contributed by atoms with Crippen LogP contribution in [-0.2, 0) is 11.2 Å². The lowest BCUT2D eigenvalue weighted by Crippen LogP contribution is -2.49. The van der Waals surface area contributed by atoms with E-state index < -0.39 is 5.41 Å². The summed E-state index contributed by atoms with van der Waals surface area (Å²) in [7, 11) is 0. The molecular weight excluding hydrogens is 294 g/mol. The van der Waals surface area contributed by atoms with Gasteiger partial charge in [-0.3, -0.25) is 0 Å². The van der Waals surface area contributed by atoms with Gasteiger partial charge in [0.1, 0.15) is 0 Å². The zero-order valence-corrected chi connectivity index (χ0v) is 15.0. The average Bonchev–Trinajstić information content (AvgIpc) is 2.57. The van der Waals surface area contributed by atoms with Crippen molar-refractivity contribution in [1.82, 2.24) is 0 Å². The van der Waals surface area contributed by atoms with Crippen LogP contribution >= 0.6 is 0 Å². The third-order valence-corrected chi connectivity index (χ3v) is 6.35. The van der Waals surface area contributed by atoms with E-state index in [2.05, 4.69) is 42.1 Å². The summed E-state index contributed by atoms with van der Waals surface area (Å²) in [6.07, 6.45) is 7.71. The van der Waals surface area contributed by atoms with Crippen molar-refractivity contribution in [3.05, 3.63) is 59.1 Å². The highest BCUT2D eigenvalue weighted by Gasteiger charge is 2.53. The van der Waals surface area contributed by atoms with Crippen LogP contribution in [0.3, 0.4) is 0 Å². The van der Waals surface area contributed by atoms with Gasteiger partial charge >= 0.3 is 0 Å². The molecule has 3 atom stereocenters. The molecule has 0 unspecified atom stereocenters. The van der Waals surface area contributed by atoms with E-state index in [1.807, 2.05) is 19.9 Å². The van der Waals surface area contributed by atoms with Crippen LogP contribution in [-0.4, -0.2) is 5.78 Å². The maximum Gasteiger partial charge on any atom is 0.226 e. The molecule has 0 N–H and O–H groups in total. The van der Waals surface area contributed by atoms with Crippen LogP contribution < -0.4 is 0 Å². The van der Waals surface area contributed by atoms with E-state index >= 15 is 0 Å².